The number of aryl methyl sites for hydroxylation is 1. The van der Waals surface area contributed by atoms with Crippen molar-refractivity contribution in [3.8, 4) is 0 Å². The highest BCUT2D eigenvalue weighted by molar-refractivity contribution is 14.1. The number of hydrogen-bond acceptors (Lipinski definition) is 4. The number of benzene rings is 1. The van der Waals surface area contributed by atoms with Gasteiger partial charge in [0, 0.05) is 9.32 Å². The highest BCUT2D eigenvalue weighted by atomic mass is 127. The molecule has 84 valence electrons. The van der Waals surface area contributed by atoms with Crippen LogP contribution in [0.2, 0.25) is 0 Å². The first-order chi connectivity index (χ1) is 7.66. The molecule has 0 fully saturated rings. The van der Waals surface area contributed by atoms with E-state index in [0.29, 0.717) is 0 Å². The summed E-state index contributed by atoms with van der Waals surface area (Å²) in [7, 11) is 0. The Hall–Kier alpha value is -0.760. The Kier molecular flexibility index (Phi) is 3.70. The summed E-state index contributed by atoms with van der Waals surface area (Å²) < 4.78 is 2.75. The summed E-state index contributed by atoms with van der Waals surface area (Å²) in [6.45, 7) is 1.84. The first-order valence-corrected chi connectivity index (χ1v) is 6.77. The van der Waals surface area contributed by atoms with E-state index in [0.717, 1.165) is 16.7 Å². The maximum atomic E-state index is 5.76. The quantitative estimate of drug-likeness (QED) is 0.526. The van der Waals surface area contributed by atoms with Crippen molar-refractivity contribution in [2.24, 2.45) is 0 Å². The van der Waals surface area contributed by atoms with Crippen molar-refractivity contribution in [3.63, 3.8) is 0 Å². The van der Waals surface area contributed by atoms with E-state index in [9.17, 15) is 0 Å². The Morgan fingerprint density at radius 2 is 2.00 bits per heavy atom. The maximum Gasteiger partial charge on any atom is 0.210 e. The Balaban J connectivity index is 2.02. The minimum Gasteiger partial charge on any atom is -0.336 e. The number of halogens is 1. The number of nitrogens with two attached hydrogens (primary N) is 1. The lowest BCUT2D eigenvalue weighted by Gasteiger charge is -2.01. The molecule has 1 aromatic carbocycles. The predicted molar refractivity (Wildman–Crippen MR) is 73.6 cm³/mol. The topological polar surface area (TPSA) is 56.7 Å². The standard InChI is InChI=1S/C10H11IN4S/c1-7-13-14-10(15(7)12)16-6-8-2-4-9(11)5-3-8/h2-5H,6,12H2,1H3. The number of thioether (sulfide) groups is 1. The number of nitrogen functional groups attached to an aromatic ring is 1. The van der Waals surface area contributed by atoms with Gasteiger partial charge in [-0.1, -0.05) is 23.9 Å². The summed E-state index contributed by atoms with van der Waals surface area (Å²) in [5, 5.41) is 8.65. The van der Waals surface area contributed by atoms with Gasteiger partial charge >= 0.3 is 0 Å². The monoisotopic (exact) mass is 346 g/mol. The van der Waals surface area contributed by atoms with Crippen LogP contribution >= 0.6 is 34.4 Å². The molecule has 0 bridgehead atoms. The third kappa shape index (κ3) is 2.67. The van der Waals surface area contributed by atoms with Crippen molar-refractivity contribution in [1.29, 1.82) is 0 Å². The summed E-state index contributed by atoms with van der Waals surface area (Å²) in [6.07, 6.45) is 0. The lowest BCUT2D eigenvalue weighted by atomic mass is 10.2. The summed E-state index contributed by atoms with van der Waals surface area (Å²) in [5.41, 5.74) is 1.26. The van der Waals surface area contributed by atoms with Crippen molar-refractivity contribution < 1.29 is 0 Å². The van der Waals surface area contributed by atoms with Gasteiger partial charge in [0.15, 0.2) is 0 Å². The van der Waals surface area contributed by atoms with Gasteiger partial charge in [-0.05, 0) is 47.2 Å². The minimum absolute atomic E-state index is 0.727. The van der Waals surface area contributed by atoms with Crippen LogP contribution in [-0.4, -0.2) is 14.9 Å². The molecule has 0 spiro atoms. The van der Waals surface area contributed by atoms with Crippen LogP contribution in [0, 0.1) is 10.5 Å². The Morgan fingerprint density at radius 3 is 2.56 bits per heavy atom. The van der Waals surface area contributed by atoms with Gasteiger partial charge in [-0.25, -0.2) is 4.68 Å². The molecule has 1 aromatic heterocycles. The van der Waals surface area contributed by atoms with Gasteiger partial charge in [0.1, 0.15) is 5.82 Å². The molecule has 6 heteroatoms. The summed E-state index contributed by atoms with van der Waals surface area (Å²) >= 11 is 3.88. The molecule has 0 aliphatic carbocycles. The molecule has 0 aliphatic rings. The van der Waals surface area contributed by atoms with Gasteiger partial charge in [0.2, 0.25) is 5.16 Å². The molecule has 1 heterocycles. The lowest BCUT2D eigenvalue weighted by molar-refractivity contribution is 0.825. The molecule has 2 rings (SSSR count). The second-order valence-electron chi connectivity index (χ2n) is 3.31. The number of nitrogens with zero attached hydrogens (tertiary/aromatic N) is 3. The predicted octanol–water partition coefficient (Wildman–Crippen LogP) is 2.20. The third-order valence-corrected chi connectivity index (χ3v) is 3.85. The van der Waals surface area contributed by atoms with Crippen LogP contribution in [0.1, 0.15) is 11.4 Å². The van der Waals surface area contributed by atoms with Gasteiger partial charge in [0.05, 0.1) is 0 Å². The smallest absolute Gasteiger partial charge is 0.210 e. The highest BCUT2D eigenvalue weighted by Gasteiger charge is 2.06. The van der Waals surface area contributed by atoms with Crippen molar-refractivity contribution in [2.45, 2.75) is 17.8 Å². The van der Waals surface area contributed by atoms with E-state index < -0.39 is 0 Å². The molecule has 0 aliphatic heterocycles. The van der Waals surface area contributed by atoms with Crippen molar-refractivity contribution >= 4 is 34.4 Å². The Bertz CT molecular complexity index is 480. The van der Waals surface area contributed by atoms with Gasteiger partial charge in [-0.3, -0.25) is 0 Å². The van der Waals surface area contributed by atoms with E-state index in [2.05, 4.69) is 57.1 Å². The average Bonchev–Trinajstić information content (AvgIpc) is 2.60. The zero-order chi connectivity index (χ0) is 11.5. The molecule has 0 saturated carbocycles. The van der Waals surface area contributed by atoms with E-state index >= 15 is 0 Å². The molecular weight excluding hydrogens is 335 g/mol. The van der Waals surface area contributed by atoms with Gasteiger partial charge in [0.25, 0.3) is 0 Å². The van der Waals surface area contributed by atoms with E-state index in [1.54, 1.807) is 11.8 Å². The maximum absolute atomic E-state index is 5.76. The molecular formula is C10H11IN4S. The molecule has 2 N–H and O–H groups in total. The number of rotatable bonds is 3. The van der Waals surface area contributed by atoms with Crippen molar-refractivity contribution in [2.75, 3.05) is 5.84 Å². The summed E-state index contributed by atoms with van der Waals surface area (Å²) in [5.74, 6) is 7.34. The van der Waals surface area contributed by atoms with E-state index in [-0.39, 0.29) is 0 Å². The summed E-state index contributed by atoms with van der Waals surface area (Å²) in [4.78, 5) is 0. The fourth-order valence-electron chi connectivity index (χ4n) is 1.18. The normalized spacial score (nSPS) is 10.6. The van der Waals surface area contributed by atoms with E-state index in [4.69, 9.17) is 5.84 Å². The molecule has 0 amide bonds. The van der Waals surface area contributed by atoms with Crippen LogP contribution < -0.4 is 5.84 Å². The molecule has 4 nitrogen and oxygen atoms in total. The first-order valence-electron chi connectivity index (χ1n) is 4.71. The Labute approximate surface area is 112 Å². The number of aromatic nitrogens is 3. The zero-order valence-corrected chi connectivity index (χ0v) is 11.7. The van der Waals surface area contributed by atoms with Crippen molar-refractivity contribution in [3.05, 3.63) is 39.2 Å². The van der Waals surface area contributed by atoms with Crippen LogP contribution in [0.4, 0.5) is 0 Å². The van der Waals surface area contributed by atoms with Gasteiger partial charge in [-0.2, -0.15) is 0 Å². The second-order valence-corrected chi connectivity index (χ2v) is 5.50. The first kappa shape index (κ1) is 11.7. The molecule has 0 atom stereocenters. The molecule has 0 saturated heterocycles. The largest absolute Gasteiger partial charge is 0.336 e. The Morgan fingerprint density at radius 1 is 1.31 bits per heavy atom. The van der Waals surface area contributed by atoms with Gasteiger partial charge < -0.3 is 5.84 Å². The average molecular weight is 346 g/mol. The third-order valence-electron chi connectivity index (χ3n) is 2.12. The van der Waals surface area contributed by atoms with Crippen molar-refractivity contribution in [1.82, 2.24) is 14.9 Å². The van der Waals surface area contributed by atoms with Crippen LogP contribution in [0.25, 0.3) is 0 Å². The van der Waals surface area contributed by atoms with Crippen LogP contribution in [0.3, 0.4) is 0 Å². The number of hydrogen-bond donors (Lipinski definition) is 1. The molecule has 16 heavy (non-hydrogen) atoms. The van der Waals surface area contributed by atoms with Crippen LogP contribution in [0.5, 0.6) is 0 Å². The van der Waals surface area contributed by atoms with E-state index in [1.165, 1.54) is 13.8 Å². The molecule has 2 aromatic rings. The second kappa shape index (κ2) is 5.05. The molecule has 0 radical (unpaired) electrons. The highest BCUT2D eigenvalue weighted by Crippen LogP contribution is 2.20. The molecule has 0 unspecified atom stereocenters. The fraction of sp³-hybridized carbons (Fsp3) is 0.200. The minimum atomic E-state index is 0.727. The van der Waals surface area contributed by atoms with Gasteiger partial charge in [-0.15, -0.1) is 10.2 Å². The summed E-state index contributed by atoms with van der Waals surface area (Å²) in [6, 6.07) is 8.40. The zero-order valence-electron chi connectivity index (χ0n) is 8.72. The fourth-order valence-corrected chi connectivity index (χ4v) is 2.39. The van der Waals surface area contributed by atoms with Crippen LogP contribution in [-0.2, 0) is 5.75 Å². The van der Waals surface area contributed by atoms with E-state index in [1.807, 2.05) is 6.92 Å². The SMILES string of the molecule is Cc1nnc(SCc2ccc(I)cc2)n1N. The van der Waals surface area contributed by atoms with Crippen LogP contribution in [0.15, 0.2) is 29.4 Å². The lowest BCUT2D eigenvalue weighted by Crippen LogP contribution is -2.11.